The van der Waals surface area contributed by atoms with Gasteiger partial charge < -0.3 is 5.32 Å². The molecule has 0 aliphatic rings. The minimum atomic E-state index is 0.203. The van der Waals surface area contributed by atoms with Gasteiger partial charge in [-0.15, -0.1) is 0 Å². The molecule has 0 saturated carbocycles. The Morgan fingerprint density at radius 1 is 1.31 bits per heavy atom. The number of hydrogen-bond donors (Lipinski definition) is 1. The number of Topliss-reactive ketones (excluding diaryl/α,β-unsaturated/α-hetero) is 1. The Morgan fingerprint density at radius 3 is 2.56 bits per heavy atom. The number of carbonyl (C=O) groups is 1. The zero-order chi connectivity index (χ0) is 11.8. The second-order valence-electron chi connectivity index (χ2n) is 3.63. The lowest BCUT2D eigenvalue weighted by atomic mass is 10.1. The predicted molar refractivity (Wildman–Crippen MR) is 72.6 cm³/mol. The average Bonchev–Trinajstić information content (AvgIpc) is 2.34. The van der Waals surface area contributed by atoms with Gasteiger partial charge in [0.15, 0.2) is 5.78 Å². The van der Waals surface area contributed by atoms with Crippen LogP contribution >= 0.6 is 11.8 Å². The molecule has 0 heterocycles. The zero-order valence-electron chi connectivity index (χ0n) is 9.95. The number of benzene rings is 1. The molecule has 1 aromatic rings. The number of rotatable bonds is 7. The maximum absolute atomic E-state index is 11.4. The highest BCUT2D eigenvalue weighted by Gasteiger charge is 2.01. The molecule has 1 rings (SSSR count). The van der Waals surface area contributed by atoms with Crippen LogP contribution in [0.25, 0.3) is 0 Å². The van der Waals surface area contributed by atoms with Crippen LogP contribution in [0.15, 0.2) is 24.3 Å². The molecule has 1 N–H and O–H groups in total. The van der Waals surface area contributed by atoms with E-state index in [1.807, 2.05) is 43.0 Å². The smallest absolute Gasteiger partial charge is 0.162 e. The second kappa shape index (κ2) is 7.34. The largest absolute Gasteiger partial charge is 0.385 e. The summed E-state index contributed by atoms with van der Waals surface area (Å²) >= 11 is 1.86. The molecule has 0 bridgehead atoms. The van der Waals surface area contributed by atoms with Crippen LogP contribution in [0.3, 0.4) is 0 Å². The first kappa shape index (κ1) is 13.1. The lowest BCUT2D eigenvalue weighted by Gasteiger charge is -2.06. The molecular formula is C13H19NOS. The molecule has 1 aromatic carbocycles. The summed E-state index contributed by atoms with van der Waals surface area (Å²) in [6.07, 6.45) is 3.85. The molecule has 3 heteroatoms. The highest BCUT2D eigenvalue weighted by atomic mass is 32.2. The standard InChI is InChI=1S/C13H19NOS/c1-3-13(15)11-5-7-12(8-6-11)14-9-4-10-16-2/h5-8,14H,3-4,9-10H2,1-2H3. The van der Waals surface area contributed by atoms with Gasteiger partial charge in [0, 0.05) is 24.2 Å². The Kier molecular flexibility index (Phi) is 6.01. The summed E-state index contributed by atoms with van der Waals surface area (Å²) in [5, 5.41) is 3.34. The molecule has 0 aromatic heterocycles. The fourth-order valence-corrected chi connectivity index (χ4v) is 1.86. The van der Waals surface area contributed by atoms with E-state index in [0.29, 0.717) is 6.42 Å². The van der Waals surface area contributed by atoms with Gasteiger partial charge >= 0.3 is 0 Å². The highest BCUT2D eigenvalue weighted by molar-refractivity contribution is 7.98. The third-order valence-electron chi connectivity index (χ3n) is 2.38. The van der Waals surface area contributed by atoms with E-state index < -0.39 is 0 Å². The topological polar surface area (TPSA) is 29.1 Å². The van der Waals surface area contributed by atoms with Crippen LogP contribution in [0, 0.1) is 0 Å². The lowest BCUT2D eigenvalue weighted by molar-refractivity contribution is 0.0988. The normalized spacial score (nSPS) is 10.1. The van der Waals surface area contributed by atoms with Gasteiger partial charge in [-0.2, -0.15) is 11.8 Å². The van der Waals surface area contributed by atoms with E-state index >= 15 is 0 Å². The van der Waals surface area contributed by atoms with Crippen molar-refractivity contribution in [2.24, 2.45) is 0 Å². The van der Waals surface area contributed by atoms with Crippen LogP contribution in [-0.2, 0) is 0 Å². The Labute approximate surface area is 102 Å². The quantitative estimate of drug-likeness (QED) is 0.582. The molecule has 16 heavy (non-hydrogen) atoms. The van der Waals surface area contributed by atoms with Crippen molar-refractivity contribution in [1.29, 1.82) is 0 Å². The summed E-state index contributed by atoms with van der Waals surface area (Å²) in [7, 11) is 0. The molecule has 88 valence electrons. The van der Waals surface area contributed by atoms with Crippen molar-refractivity contribution in [1.82, 2.24) is 0 Å². The third-order valence-corrected chi connectivity index (χ3v) is 3.08. The van der Waals surface area contributed by atoms with E-state index in [1.165, 1.54) is 5.75 Å². The number of hydrogen-bond acceptors (Lipinski definition) is 3. The summed E-state index contributed by atoms with van der Waals surface area (Å²) in [4.78, 5) is 11.4. The van der Waals surface area contributed by atoms with Crippen LogP contribution in [0.4, 0.5) is 5.69 Å². The van der Waals surface area contributed by atoms with Gasteiger partial charge in [-0.3, -0.25) is 4.79 Å². The van der Waals surface area contributed by atoms with Crippen molar-refractivity contribution in [3.63, 3.8) is 0 Å². The van der Waals surface area contributed by atoms with Gasteiger partial charge in [0.2, 0.25) is 0 Å². The average molecular weight is 237 g/mol. The zero-order valence-corrected chi connectivity index (χ0v) is 10.8. The molecule has 0 fully saturated rings. The Morgan fingerprint density at radius 2 is 2.00 bits per heavy atom. The number of thioether (sulfide) groups is 1. The van der Waals surface area contributed by atoms with E-state index in [4.69, 9.17) is 0 Å². The maximum Gasteiger partial charge on any atom is 0.162 e. The summed E-state index contributed by atoms with van der Waals surface area (Å²) in [5.74, 6) is 1.38. The molecule has 0 radical (unpaired) electrons. The molecule has 0 saturated heterocycles. The van der Waals surface area contributed by atoms with Crippen molar-refractivity contribution in [2.75, 3.05) is 23.9 Å². The van der Waals surface area contributed by atoms with E-state index in [2.05, 4.69) is 11.6 Å². The van der Waals surface area contributed by atoms with Gasteiger partial charge in [-0.25, -0.2) is 0 Å². The van der Waals surface area contributed by atoms with Crippen molar-refractivity contribution in [3.05, 3.63) is 29.8 Å². The summed E-state index contributed by atoms with van der Waals surface area (Å²) in [6, 6.07) is 7.73. The van der Waals surface area contributed by atoms with Crippen LogP contribution in [0.2, 0.25) is 0 Å². The van der Waals surface area contributed by atoms with Gasteiger partial charge in [0.1, 0.15) is 0 Å². The van der Waals surface area contributed by atoms with Gasteiger partial charge in [-0.05, 0) is 42.7 Å². The van der Waals surface area contributed by atoms with E-state index in [9.17, 15) is 4.79 Å². The molecule has 0 spiro atoms. The molecule has 0 aliphatic carbocycles. The maximum atomic E-state index is 11.4. The van der Waals surface area contributed by atoms with E-state index in [0.717, 1.165) is 24.2 Å². The Hall–Kier alpha value is -0.960. The third kappa shape index (κ3) is 4.27. The van der Waals surface area contributed by atoms with Gasteiger partial charge in [0.05, 0.1) is 0 Å². The minimum Gasteiger partial charge on any atom is -0.385 e. The van der Waals surface area contributed by atoms with Crippen LogP contribution in [-0.4, -0.2) is 24.3 Å². The molecule has 0 unspecified atom stereocenters. The molecule has 0 amide bonds. The van der Waals surface area contributed by atoms with E-state index in [1.54, 1.807) is 0 Å². The fraction of sp³-hybridized carbons (Fsp3) is 0.462. The highest BCUT2D eigenvalue weighted by Crippen LogP contribution is 2.11. The number of ketones is 1. The summed E-state index contributed by atoms with van der Waals surface area (Å²) < 4.78 is 0. The molecule has 2 nitrogen and oxygen atoms in total. The summed E-state index contributed by atoms with van der Waals surface area (Å²) in [6.45, 7) is 2.87. The fourth-order valence-electron chi connectivity index (χ4n) is 1.43. The second-order valence-corrected chi connectivity index (χ2v) is 4.61. The van der Waals surface area contributed by atoms with Crippen LogP contribution in [0.5, 0.6) is 0 Å². The van der Waals surface area contributed by atoms with Gasteiger partial charge in [-0.1, -0.05) is 6.92 Å². The Balaban J connectivity index is 2.42. The van der Waals surface area contributed by atoms with Crippen molar-refractivity contribution < 1.29 is 4.79 Å². The molecule has 0 aliphatic heterocycles. The van der Waals surface area contributed by atoms with Crippen molar-refractivity contribution in [2.45, 2.75) is 19.8 Å². The number of nitrogens with one attached hydrogen (secondary N) is 1. The van der Waals surface area contributed by atoms with Crippen molar-refractivity contribution in [3.8, 4) is 0 Å². The number of carbonyl (C=O) groups excluding carboxylic acids is 1. The first-order valence-corrected chi connectivity index (χ1v) is 7.03. The predicted octanol–water partition coefficient (Wildman–Crippen LogP) is 3.44. The first-order valence-electron chi connectivity index (χ1n) is 5.64. The SMILES string of the molecule is CCC(=O)c1ccc(NCCCSC)cc1. The monoisotopic (exact) mass is 237 g/mol. The minimum absolute atomic E-state index is 0.203. The van der Waals surface area contributed by atoms with Crippen molar-refractivity contribution >= 4 is 23.2 Å². The summed E-state index contributed by atoms with van der Waals surface area (Å²) in [5.41, 5.74) is 1.89. The van der Waals surface area contributed by atoms with Gasteiger partial charge in [0.25, 0.3) is 0 Å². The lowest BCUT2D eigenvalue weighted by Crippen LogP contribution is -2.03. The van der Waals surface area contributed by atoms with Crippen LogP contribution < -0.4 is 5.32 Å². The molecule has 0 atom stereocenters. The number of anilines is 1. The van der Waals surface area contributed by atoms with Crippen LogP contribution in [0.1, 0.15) is 30.1 Å². The first-order chi connectivity index (χ1) is 7.77. The Bertz CT molecular complexity index is 321. The van der Waals surface area contributed by atoms with E-state index in [-0.39, 0.29) is 5.78 Å². The molecular weight excluding hydrogens is 218 g/mol.